The van der Waals surface area contributed by atoms with E-state index in [0.29, 0.717) is 0 Å². The number of nitrogens with one attached hydrogen (secondary N) is 1. The summed E-state index contributed by atoms with van der Waals surface area (Å²) in [6.07, 6.45) is 1.14. The fraction of sp³-hybridized carbons (Fsp3) is 0.222. The Bertz CT molecular complexity index is 735. The third-order valence-electron chi connectivity index (χ3n) is 3.60. The maximum Gasteiger partial charge on any atom is 0.0591 e. The molecule has 0 amide bonds. The Morgan fingerprint density at radius 2 is 2.00 bits per heavy atom. The van der Waals surface area contributed by atoms with E-state index in [1.165, 1.54) is 24.8 Å². The van der Waals surface area contributed by atoms with Crippen LogP contribution in [0, 0.1) is 3.57 Å². The third-order valence-corrected chi connectivity index (χ3v) is 5.25. The predicted molar refractivity (Wildman–Crippen MR) is 101 cm³/mol. The third kappa shape index (κ3) is 3.30. The van der Waals surface area contributed by atoms with Crippen molar-refractivity contribution < 1.29 is 0 Å². The molecule has 0 spiro atoms. The summed E-state index contributed by atoms with van der Waals surface area (Å²) < 4.78 is 2.68. The molecule has 0 saturated carbocycles. The van der Waals surface area contributed by atoms with Crippen molar-refractivity contribution in [3.05, 3.63) is 68.6 Å². The van der Waals surface area contributed by atoms with Crippen molar-refractivity contribution >= 4 is 44.0 Å². The van der Waals surface area contributed by atoms with Gasteiger partial charge in [-0.1, -0.05) is 37.3 Å². The van der Waals surface area contributed by atoms with Crippen molar-refractivity contribution in [3.8, 4) is 0 Å². The molecule has 0 fully saturated rings. The molecule has 2 aromatic carbocycles. The van der Waals surface area contributed by atoms with Crippen molar-refractivity contribution in [2.75, 3.05) is 6.54 Å². The van der Waals surface area contributed by atoms with E-state index >= 15 is 0 Å². The van der Waals surface area contributed by atoms with Crippen LogP contribution in [0.1, 0.15) is 30.5 Å². The van der Waals surface area contributed by atoms with Crippen LogP contribution in [0.3, 0.4) is 0 Å². The lowest BCUT2D eigenvalue weighted by molar-refractivity contribution is 0.602. The Hall–Kier alpha value is -0.910. The first-order chi connectivity index (χ1) is 10.3. The molecule has 1 aromatic heterocycles. The first kappa shape index (κ1) is 15.0. The number of rotatable bonds is 5. The van der Waals surface area contributed by atoms with Gasteiger partial charge in [-0.2, -0.15) is 0 Å². The Balaban J connectivity index is 2.08. The predicted octanol–water partition coefficient (Wildman–Crippen LogP) is 5.59. The standard InChI is InChI=1S/C18H18INS/c1-2-10-20-17(14-6-3-7-15(19)12-14)16-8-4-5-13-9-11-21-18(13)16/h3-9,11-12,17,20H,2,10H2,1H3. The Morgan fingerprint density at radius 3 is 2.81 bits per heavy atom. The first-order valence-electron chi connectivity index (χ1n) is 7.24. The van der Waals surface area contributed by atoms with Gasteiger partial charge < -0.3 is 5.32 Å². The first-order valence-corrected chi connectivity index (χ1v) is 9.20. The Labute approximate surface area is 143 Å². The van der Waals surface area contributed by atoms with E-state index in [0.717, 1.165) is 13.0 Å². The quantitative estimate of drug-likeness (QED) is 0.544. The molecule has 0 saturated heterocycles. The highest BCUT2D eigenvalue weighted by Gasteiger charge is 2.16. The number of halogens is 1. The number of hydrogen-bond acceptors (Lipinski definition) is 2. The van der Waals surface area contributed by atoms with Gasteiger partial charge in [0.05, 0.1) is 6.04 Å². The smallest absolute Gasteiger partial charge is 0.0591 e. The molecule has 108 valence electrons. The van der Waals surface area contributed by atoms with Gasteiger partial charge in [-0.25, -0.2) is 0 Å². The molecule has 1 N–H and O–H groups in total. The maximum absolute atomic E-state index is 3.71. The van der Waals surface area contributed by atoms with Gasteiger partial charge in [-0.05, 0) is 75.6 Å². The van der Waals surface area contributed by atoms with Crippen LogP contribution < -0.4 is 5.32 Å². The van der Waals surface area contributed by atoms with E-state index < -0.39 is 0 Å². The number of thiophene rings is 1. The van der Waals surface area contributed by atoms with E-state index in [1.54, 1.807) is 0 Å². The summed E-state index contributed by atoms with van der Waals surface area (Å²) in [5.41, 5.74) is 2.73. The molecule has 3 rings (SSSR count). The van der Waals surface area contributed by atoms with Crippen molar-refractivity contribution in [2.45, 2.75) is 19.4 Å². The van der Waals surface area contributed by atoms with Gasteiger partial charge >= 0.3 is 0 Å². The highest BCUT2D eigenvalue weighted by atomic mass is 127. The highest BCUT2D eigenvalue weighted by Crippen LogP contribution is 2.32. The zero-order chi connectivity index (χ0) is 14.7. The highest BCUT2D eigenvalue weighted by molar-refractivity contribution is 14.1. The molecule has 1 unspecified atom stereocenters. The van der Waals surface area contributed by atoms with E-state index in [9.17, 15) is 0 Å². The minimum atomic E-state index is 0.266. The molecule has 0 aliphatic heterocycles. The zero-order valence-electron chi connectivity index (χ0n) is 12.0. The Morgan fingerprint density at radius 1 is 1.14 bits per heavy atom. The normalized spacial score (nSPS) is 12.7. The second-order valence-corrected chi connectivity index (χ2v) is 7.29. The summed E-state index contributed by atoms with van der Waals surface area (Å²) in [7, 11) is 0. The second kappa shape index (κ2) is 6.90. The molecule has 21 heavy (non-hydrogen) atoms. The van der Waals surface area contributed by atoms with E-state index in [1.807, 2.05) is 11.3 Å². The second-order valence-electron chi connectivity index (χ2n) is 5.13. The molecule has 3 aromatic rings. The van der Waals surface area contributed by atoms with E-state index in [2.05, 4.69) is 88.7 Å². The molecule has 0 bridgehead atoms. The fourth-order valence-electron chi connectivity index (χ4n) is 2.63. The molecule has 1 atom stereocenters. The van der Waals surface area contributed by atoms with Gasteiger partial charge in [-0.15, -0.1) is 11.3 Å². The van der Waals surface area contributed by atoms with Gasteiger partial charge in [0.1, 0.15) is 0 Å². The van der Waals surface area contributed by atoms with Crippen LogP contribution in [0.2, 0.25) is 0 Å². The fourth-order valence-corrected chi connectivity index (χ4v) is 4.14. The molecular weight excluding hydrogens is 389 g/mol. The Kier molecular flexibility index (Phi) is 4.93. The van der Waals surface area contributed by atoms with Gasteiger partial charge in [0.25, 0.3) is 0 Å². The summed E-state index contributed by atoms with van der Waals surface area (Å²) in [6.45, 7) is 3.24. The molecule has 3 heteroatoms. The van der Waals surface area contributed by atoms with Gasteiger partial charge in [0, 0.05) is 8.27 Å². The zero-order valence-corrected chi connectivity index (χ0v) is 14.9. The number of hydrogen-bond donors (Lipinski definition) is 1. The van der Waals surface area contributed by atoms with Crippen LogP contribution >= 0.6 is 33.9 Å². The summed E-state index contributed by atoms with van der Waals surface area (Å²) in [6, 6.07) is 17.9. The lowest BCUT2D eigenvalue weighted by Crippen LogP contribution is -2.23. The monoisotopic (exact) mass is 407 g/mol. The van der Waals surface area contributed by atoms with Crippen molar-refractivity contribution in [2.24, 2.45) is 0 Å². The average Bonchev–Trinajstić information content (AvgIpc) is 2.97. The molecule has 1 nitrogen and oxygen atoms in total. The lowest BCUT2D eigenvalue weighted by atomic mass is 9.97. The topological polar surface area (TPSA) is 12.0 Å². The molecule has 0 aliphatic carbocycles. The molecular formula is C18H18INS. The average molecular weight is 407 g/mol. The van der Waals surface area contributed by atoms with E-state index in [-0.39, 0.29) is 6.04 Å². The van der Waals surface area contributed by atoms with Gasteiger partial charge in [0.2, 0.25) is 0 Å². The number of benzene rings is 2. The SMILES string of the molecule is CCCNC(c1cccc(I)c1)c1cccc2ccsc12. The van der Waals surface area contributed by atoms with Crippen molar-refractivity contribution in [3.63, 3.8) is 0 Å². The van der Waals surface area contributed by atoms with Crippen LogP contribution in [-0.4, -0.2) is 6.54 Å². The molecule has 0 radical (unpaired) electrons. The van der Waals surface area contributed by atoms with Crippen LogP contribution in [0.5, 0.6) is 0 Å². The van der Waals surface area contributed by atoms with Gasteiger partial charge in [-0.3, -0.25) is 0 Å². The van der Waals surface area contributed by atoms with Crippen LogP contribution in [-0.2, 0) is 0 Å². The lowest BCUT2D eigenvalue weighted by Gasteiger charge is -2.20. The van der Waals surface area contributed by atoms with Crippen LogP contribution in [0.15, 0.2) is 53.9 Å². The number of fused-ring (bicyclic) bond motifs is 1. The summed E-state index contributed by atoms with van der Waals surface area (Å²) in [5, 5.41) is 7.23. The van der Waals surface area contributed by atoms with Crippen molar-refractivity contribution in [1.82, 2.24) is 5.32 Å². The van der Waals surface area contributed by atoms with E-state index in [4.69, 9.17) is 0 Å². The summed E-state index contributed by atoms with van der Waals surface area (Å²) in [5.74, 6) is 0. The summed E-state index contributed by atoms with van der Waals surface area (Å²) in [4.78, 5) is 0. The minimum absolute atomic E-state index is 0.266. The maximum atomic E-state index is 3.71. The molecule has 1 heterocycles. The van der Waals surface area contributed by atoms with Crippen LogP contribution in [0.4, 0.5) is 0 Å². The van der Waals surface area contributed by atoms with Gasteiger partial charge in [0.15, 0.2) is 0 Å². The van der Waals surface area contributed by atoms with Crippen molar-refractivity contribution in [1.29, 1.82) is 0 Å². The van der Waals surface area contributed by atoms with Crippen LogP contribution in [0.25, 0.3) is 10.1 Å². The summed E-state index contributed by atoms with van der Waals surface area (Å²) >= 11 is 4.22. The molecule has 0 aliphatic rings. The minimum Gasteiger partial charge on any atom is -0.306 e. The largest absolute Gasteiger partial charge is 0.306 e.